The first-order valence-corrected chi connectivity index (χ1v) is 4.78. The minimum absolute atomic E-state index is 0.00820. The summed E-state index contributed by atoms with van der Waals surface area (Å²) in [6.07, 6.45) is 0. The second kappa shape index (κ2) is 4.18. The quantitative estimate of drug-likeness (QED) is 0.567. The molecule has 4 nitrogen and oxygen atoms in total. The molecule has 0 fully saturated rings. The maximum atomic E-state index is 12.0. The topological polar surface area (TPSA) is 52.6 Å². The van der Waals surface area contributed by atoms with Gasteiger partial charge in [0.2, 0.25) is 5.76 Å². The molecule has 0 saturated heterocycles. The molecule has 82 valence electrons. The van der Waals surface area contributed by atoms with E-state index < -0.39 is 5.97 Å². The number of rotatable bonds is 3. The summed E-state index contributed by atoms with van der Waals surface area (Å²) in [7, 11) is 1.35. The molecule has 2 rings (SSSR count). The number of esters is 1. The molecule has 0 N–H and O–H groups in total. The normalized spacial score (nSPS) is 14.9. The van der Waals surface area contributed by atoms with Crippen LogP contribution in [0.4, 0.5) is 0 Å². The van der Waals surface area contributed by atoms with Crippen LogP contribution in [0, 0.1) is 0 Å². The molecule has 1 aliphatic heterocycles. The zero-order valence-electron chi connectivity index (χ0n) is 8.73. The summed E-state index contributed by atoms with van der Waals surface area (Å²) >= 11 is 0. The van der Waals surface area contributed by atoms with E-state index in [2.05, 4.69) is 0 Å². The van der Waals surface area contributed by atoms with Gasteiger partial charge in [-0.25, -0.2) is 4.79 Å². The molecule has 0 bridgehead atoms. The Kier molecular flexibility index (Phi) is 2.72. The Bertz CT molecular complexity index is 459. The van der Waals surface area contributed by atoms with E-state index in [4.69, 9.17) is 9.47 Å². The Labute approximate surface area is 92.5 Å². The van der Waals surface area contributed by atoms with Gasteiger partial charge in [-0.2, -0.15) is 0 Å². The first-order valence-electron chi connectivity index (χ1n) is 4.78. The number of hydrogen-bond donors (Lipinski definition) is 0. The van der Waals surface area contributed by atoms with Gasteiger partial charge in [0.25, 0.3) is 0 Å². The Balaban J connectivity index is 2.36. The highest BCUT2D eigenvalue weighted by Crippen LogP contribution is 2.20. The van der Waals surface area contributed by atoms with Crippen LogP contribution in [0.2, 0.25) is 0 Å². The van der Waals surface area contributed by atoms with Crippen LogP contribution in [-0.4, -0.2) is 25.5 Å². The van der Waals surface area contributed by atoms with Gasteiger partial charge in [-0.3, -0.25) is 4.79 Å². The number of benzene rings is 1. The summed E-state index contributed by atoms with van der Waals surface area (Å²) in [6, 6.07) is 8.71. The van der Waals surface area contributed by atoms with Gasteiger partial charge >= 0.3 is 5.97 Å². The molecule has 0 aliphatic carbocycles. The van der Waals surface area contributed by atoms with Crippen LogP contribution >= 0.6 is 0 Å². The number of ketones is 1. The van der Waals surface area contributed by atoms with E-state index in [9.17, 15) is 9.59 Å². The summed E-state index contributed by atoms with van der Waals surface area (Å²) in [6.45, 7) is -0.0181. The number of cyclic esters (lactones) is 1. The van der Waals surface area contributed by atoms with Gasteiger partial charge in [0.05, 0.1) is 12.7 Å². The molecule has 1 heterocycles. The zero-order valence-corrected chi connectivity index (χ0v) is 8.73. The van der Waals surface area contributed by atoms with Crippen molar-refractivity contribution in [2.24, 2.45) is 0 Å². The number of hydrogen-bond acceptors (Lipinski definition) is 4. The van der Waals surface area contributed by atoms with Crippen LogP contribution in [0.1, 0.15) is 10.4 Å². The van der Waals surface area contributed by atoms with E-state index in [-0.39, 0.29) is 23.7 Å². The van der Waals surface area contributed by atoms with Crippen LogP contribution in [-0.2, 0) is 14.3 Å². The predicted molar refractivity (Wildman–Crippen MR) is 55.8 cm³/mol. The lowest BCUT2D eigenvalue weighted by molar-refractivity contribution is -0.138. The zero-order chi connectivity index (χ0) is 11.5. The number of methoxy groups -OCH3 is 1. The van der Waals surface area contributed by atoms with Crippen LogP contribution in [0.3, 0.4) is 0 Å². The van der Waals surface area contributed by atoms with Gasteiger partial charge in [0.15, 0.2) is 5.78 Å². The van der Waals surface area contributed by atoms with Crippen LogP contribution < -0.4 is 0 Å². The van der Waals surface area contributed by atoms with E-state index in [0.29, 0.717) is 5.56 Å². The van der Waals surface area contributed by atoms with Gasteiger partial charge < -0.3 is 9.47 Å². The molecule has 0 spiro atoms. The van der Waals surface area contributed by atoms with E-state index >= 15 is 0 Å². The van der Waals surface area contributed by atoms with Gasteiger partial charge in [-0.05, 0) is 0 Å². The first kappa shape index (κ1) is 10.4. The molecule has 0 unspecified atom stereocenters. The van der Waals surface area contributed by atoms with Gasteiger partial charge in [0.1, 0.15) is 6.61 Å². The minimum atomic E-state index is -0.582. The largest absolute Gasteiger partial charge is 0.489 e. The monoisotopic (exact) mass is 218 g/mol. The second-order valence-corrected chi connectivity index (χ2v) is 3.28. The standard InChI is InChI=1S/C12H10O4/c1-15-11-9(7-16-12(11)14)10(13)8-5-3-2-4-6-8/h2-6H,7H2,1H3. The highest BCUT2D eigenvalue weighted by Gasteiger charge is 2.30. The number of carbonyl (C=O) groups excluding carboxylic acids is 2. The van der Waals surface area contributed by atoms with Crippen molar-refractivity contribution in [1.29, 1.82) is 0 Å². The summed E-state index contributed by atoms with van der Waals surface area (Å²) in [5, 5.41) is 0. The van der Waals surface area contributed by atoms with E-state index in [1.165, 1.54) is 7.11 Å². The lowest BCUT2D eigenvalue weighted by atomic mass is 10.0. The fraction of sp³-hybridized carbons (Fsp3) is 0.167. The van der Waals surface area contributed by atoms with Crippen molar-refractivity contribution in [3.63, 3.8) is 0 Å². The maximum Gasteiger partial charge on any atom is 0.374 e. The van der Waals surface area contributed by atoms with Crippen molar-refractivity contribution >= 4 is 11.8 Å². The Morgan fingerprint density at radius 1 is 1.31 bits per heavy atom. The van der Waals surface area contributed by atoms with Crippen molar-refractivity contribution < 1.29 is 19.1 Å². The average molecular weight is 218 g/mol. The lowest BCUT2D eigenvalue weighted by Gasteiger charge is -2.01. The van der Waals surface area contributed by atoms with Gasteiger partial charge in [0, 0.05) is 5.56 Å². The fourth-order valence-corrected chi connectivity index (χ4v) is 1.53. The smallest absolute Gasteiger partial charge is 0.374 e. The second-order valence-electron chi connectivity index (χ2n) is 3.28. The molecule has 0 radical (unpaired) electrons. The van der Waals surface area contributed by atoms with Crippen LogP contribution in [0.5, 0.6) is 0 Å². The molecule has 1 aromatic carbocycles. The van der Waals surface area contributed by atoms with Gasteiger partial charge in [-0.1, -0.05) is 30.3 Å². The van der Waals surface area contributed by atoms with E-state index in [1.807, 2.05) is 6.07 Å². The molecule has 0 amide bonds. The van der Waals surface area contributed by atoms with Crippen LogP contribution in [0.25, 0.3) is 0 Å². The molecule has 0 saturated carbocycles. The van der Waals surface area contributed by atoms with Crippen molar-refractivity contribution in [2.45, 2.75) is 0 Å². The third-order valence-electron chi connectivity index (χ3n) is 2.32. The van der Waals surface area contributed by atoms with Crippen LogP contribution in [0.15, 0.2) is 41.7 Å². The SMILES string of the molecule is COC1=C(C(=O)c2ccccc2)COC1=O. The first-order chi connectivity index (χ1) is 7.74. The van der Waals surface area contributed by atoms with E-state index in [0.717, 1.165) is 0 Å². The van der Waals surface area contributed by atoms with Crippen molar-refractivity contribution in [1.82, 2.24) is 0 Å². The summed E-state index contributed by atoms with van der Waals surface area (Å²) in [5.41, 5.74) is 0.795. The Morgan fingerprint density at radius 2 is 2.00 bits per heavy atom. The summed E-state index contributed by atoms with van der Waals surface area (Å²) in [4.78, 5) is 23.2. The molecule has 0 aromatic heterocycles. The molecular weight excluding hydrogens is 208 g/mol. The highest BCUT2D eigenvalue weighted by molar-refractivity contribution is 6.13. The Morgan fingerprint density at radius 3 is 2.62 bits per heavy atom. The molecule has 0 atom stereocenters. The third-order valence-corrected chi connectivity index (χ3v) is 2.32. The van der Waals surface area contributed by atoms with Crippen molar-refractivity contribution in [3.8, 4) is 0 Å². The van der Waals surface area contributed by atoms with E-state index in [1.54, 1.807) is 24.3 Å². The number of Topliss-reactive ketones (excluding diaryl/α,β-unsaturated/α-hetero) is 1. The summed E-state index contributed by atoms with van der Waals surface area (Å²) < 4.78 is 9.62. The third kappa shape index (κ3) is 1.69. The highest BCUT2D eigenvalue weighted by atomic mass is 16.6. The molecule has 4 heteroatoms. The molecular formula is C12H10O4. The van der Waals surface area contributed by atoms with Crippen molar-refractivity contribution in [3.05, 3.63) is 47.2 Å². The summed E-state index contributed by atoms with van der Waals surface area (Å²) in [5.74, 6) is -0.807. The van der Waals surface area contributed by atoms with Crippen molar-refractivity contribution in [2.75, 3.05) is 13.7 Å². The molecule has 1 aliphatic rings. The maximum absolute atomic E-state index is 12.0. The molecule has 16 heavy (non-hydrogen) atoms. The molecule has 1 aromatic rings. The minimum Gasteiger partial charge on any atom is -0.489 e. The average Bonchev–Trinajstić information content (AvgIpc) is 2.70. The van der Waals surface area contributed by atoms with Gasteiger partial charge in [-0.15, -0.1) is 0 Å². The number of ether oxygens (including phenoxy) is 2. The fourth-order valence-electron chi connectivity index (χ4n) is 1.53. The Hall–Kier alpha value is -2.10. The lowest BCUT2D eigenvalue weighted by Crippen LogP contribution is -2.07. The predicted octanol–water partition coefficient (Wildman–Crippen LogP) is 1.33. The number of carbonyl (C=O) groups is 2.